The minimum absolute atomic E-state index is 0. The first-order valence-electron chi connectivity index (χ1n) is 23.5. The molecule has 0 aliphatic carbocycles. The van der Waals surface area contributed by atoms with Crippen LogP contribution >= 0.6 is 0 Å². The summed E-state index contributed by atoms with van der Waals surface area (Å²) in [5.41, 5.74) is 27.5. The minimum Gasteiger partial charge on any atom is -0.682 e. The van der Waals surface area contributed by atoms with E-state index in [1.165, 1.54) is 43.7 Å². The van der Waals surface area contributed by atoms with Gasteiger partial charge in [-0.1, -0.05) is 156 Å². The number of hydrogen-bond acceptors (Lipinski definition) is 1. The van der Waals surface area contributed by atoms with Gasteiger partial charge in [0, 0.05) is 69.5 Å². The van der Waals surface area contributed by atoms with Crippen molar-refractivity contribution in [3.8, 4) is 0 Å². The summed E-state index contributed by atoms with van der Waals surface area (Å²) in [6, 6.07) is 65.8. The summed E-state index contributed by atoms with van der Waals surface area (Å²) in [5.74, 6) is 0. The summed E-state index contributed by atoms with van der Waals surface area (Å²) < 4.78 is 4.30. The fourth-order valence-electron chi connectivity index (χ4n) is 8.51. The van der Waals surface area contributed by atoms with Crippen molar-refractivity contribution >= 4 is 55.0 Å². The van der Waals surface area contributed by atoms with E-state index in [0.29, 0.717) is 0 Å². The van der Waals surface area contributed by atoms with Gasteiger partial charge in [0.05, 0.1) is 0 Å². The van der Waals surface area contributed by atoms with Crippen LogP contribution < -0.4 is 5.73 Å². The molecule has 10 rings (SSSR count). The van der Waals surface area contributed by atoms with Crippen molar-refractivity contribution in [3.63, 3.8) is 0 Å². The van der Waals surface area contributed by atoms with Gasteiger partial charge in [-0.3, -0.25) is 0 Å². The first-order chi connectivity index (χ1) is 33.2. The van der Waals surface area contributed by atoms with Gasteiger partial charge in [-0.2, -0.15) is 49.2 Å². The number of nitrogens with two attached hydrogens (primary N) is 1. The number of aromatic nitrogens is 2. The SMILES string of the molecule is Cc1cccc(C)c1[N-]C([N-]CCCCCN)n1c2ccccc2c2ccccc21.Cc1cccc(C)c1[N-]C([NH-])n1c2ccccc2c2ccccc21.[CH2-]c1ccccc1.[CH2-]c1ccccc1.[Hf]. The van der Waals surface area contributed by atoms with Crippen molar-refractivity contribution in [2.45, 2.75) is 59.5 Å². The largest absolute Gasteiger partial charge is 0.682 e. The molecule has 0 spiro atoms. The van der Waals surface area contributed by atoms with Crippen LogP contribution in [0.4, 0.5) is 11.4 Å². The topological polar surface area (TPSA) is 102 Å². The van der Waals surface area contributed by atoms with E-state index in [4.69, 9.17) is 27.4 Å². The van der Waals surface area contributed by atoms with Gasteiger partial charge in [-0.05, 0) is 64.9 Å². The Bertz CT molecular complexity index is 2950. The van der Waals surface area contributed by atoms with Crippen molar-refractivity contribution in [2.24, 2.45) is 5.73 Å². The maximum absolute atomic E-state index is 8.72. The molecule has 0 fully saturated rings. The molecule has 2 aromatic heterocycles. The molecule has 2 atom stereocenters. The number of rotatable bonds is 12. The van der Waals surface area contributed by atoms with Crippen LogP contribution in [0.3, 0.4) is 0 Å². The minimum atomic E-state index is -0.713. The third kappa shape index (κ3) is 13.2. The van der Waals surface area contributed by atoms with E-state index in [2.05, 4.69) is 123 Å². The zero-order valence-corrected chi connectivity index (χ0v) is 44.0. The summed E-state index contributed by atoms with van der Waals surface area (Å²) >= 11 is 0. The fourth-order valence-corrected chi connectivity index (χ4v) is 8.51. The second kappa shape index (κ2) is 25.7. The predicted octanol–water partition coefficient (Wildman–Crippen LogP) is 17.4. The quantitative estimate of drug-likeness (QED) is 0.0735. The van der Waals surface area contributed by atoms with E-state index < -0.39 is 6.29 Å². The Morgan fingerprint density at radius 1 is 0.435 bits per heavy atom. The fraction of sp³-hybridized carbons (Fsp3) is 0.180. The maximum Gasteiger partial charge on any atom is 0.0463 e. The van der Waals surface area contributed by atoms with E-state index in [0.717, 1.165) is 77.0 Å². The molecule has 0 aliphatic rings. The van der Waals surface area contributed by atoms with Crippen LogP contribution in [-0.2, 0) is 25.8 Å². The van der Waals surface area contributed by atoms with Crippen molar-refractivity contribution in [3.05, 3.63) is 263 Å². The molecule has 7 nitrogen and oxygen atoms in total. The molecule has 0 bridgehead atoms. The van der Waals surface area contributed by atoms with Crippen molar-refractivity contribution in [1.82, 2.24) is 9.13 Å². The van der Waals surface area contributed by atoms with Crippen LogP contribution in [0, 0.1) is 41.5 Å². The van der Waals surface area contributed by atoms with Gasteiger partial charge in [0.15, 0.2) is 0 Å². The number of unbranched alkanes of at least 4 members (excludes halogenated alkanes) is 2. The van der Waals surface area contributed by atoms with Crippen molar-refractivity contribution in [2.75, 3.05) is 13.1 Å². The van der Waals surface area contributed by atoms with Crippen LogP contribution in [0.5, 0.6) is 0 Å². The number of aryl methyl sites for hydroxylation is 4. The Morgan fingerprint density at radius 3 is 1.14 bits per heavy atom. The molecule has 0 saturated carbocycles. The van der Waals surface area contributed by atoms with Crippen molar-refractivity contribution in [1.29, 1.82) is 0 Å². The van der Waals surface area contributed by atoms with Gasteiger partial charge in [-0.15, -0.1) is 54.8 Å². The predicted molar refractivity (Wildman–Crippen MR) is 292 cm³/mol. The van der Waals surface area contributed by atoms with Gasteiger partial charge in [0.25, 0.3) is 0 Å². The monoisotopic (exact) mass is 1070 g/mol. The molecular weight excluding hydrogens is 1010 g/mol. The van der Waals surface area contributed by atoms with Gasteiger partial charge >= 0.3 is 0 Å². The van der Waals surface area contributed by atoms with Gasteiger partial charge in [-0.25, -0.2) is 0 Å². The van der Waals surface area contributed by atoms with Crippen LogP contribution in [0.25, 0.3) is 65.3 Å². The number of benzene rings is 8. The van der Waals surface area contributed by atoms with E-state index in [1.54, 1.807) is 0 Å². The van der Waals surface area contributed by atoms with E-state index in [-0.39, 0.29) is 32.1 Å². The normalized spacial score (nSPS) is 11.6. The number of para-hydroxylation sites is 6. The number of nitrogens with zero attached hydrogens (tertiary/aromatic N) is 5. The van der Waals surface area contributed by atoms with Crippen molar-refractivity contribution < 1.29 is 25.8 Å². The molecule has 69 heavy (non-hydrogen) atoms. The van der Waals surface area contributed by atoms with Gasteiger partial charge in [0.1, 0.15) is 0 Å². The average Bonchev–Trinajstić information content (AvgIpc) is 3.88. The third-order valence-electron chi connectivity index (χ3n) is 11.9. The number of nitrogens with one attached hydrogen (secondary N) is 1. The van der Waals surface area contributed by atoms with Crippen LogP contribution in [0.2, 0.25) is 0 Å². The number of fused-ring (bicyclic) bond motifs is 6. The Kier molecular flexibility index (Phi) is 19.3. The molecule has 0 amide bonds. The average molecular weight is 1070 g/mol. The Labute approximate surface area is 428 Å². The van der Waals surface area contributed by atoms with Crippen LogP contribution in [0.1, 0.15) is 65.2 Å². The summed E-state index contributed by atoms with van der Waals surface area (Å²) in [5, 5.41) is 19.8. The maximum atomic E-state index is 8.72. The van der Waals surface area contributed by atoms with Gasteiger partial charge in [0.2, 0.25) is 0 Å². The van der Waals surface area contributed by atoms with Crippen LogP contribution in [-0.4, -0.2) is 22.2 Å². The first-order valence-corrected chi connectivity index (χ1v) is 23.5. The molecule has 0 aliphatic heterocycles. The molecule has 2 heterocycles. The zero-order valence-electron chi connectivity index (χ0n) is 40.4. The summed E-state index contributed by atoms with van der Waals surface area (Å²) in [6.45, 7) is 17.3. The molecule has 352 valence electrons. The first kappa shape index (κ1) is 51.8. The smallest absolute Gasteiger partial charge is 0.0463 e. The molecule has 8 aromatic carbocycles. The van der Waals surface area contributed by atoms with Crippen LogP contribution in [0.15, 0.2) is 194 Å². The molecule has 0 saturated heterocycles. The van der Waals surface area contributed by atoms with E-state index >= 15 is 0 Å². The summed E-state index contributed by atoms with van der Waals surface area (Å²) in [4.78, 5) is 0. The second-order valence-corrected chi connectivity index (χ2v) is 17.0. The third-order valence-corrected chi connectivity index (χ3v) is 11.9. The Balaban J connectivity index is 0.000000177. The zero-order chi connectivity index (χ0) is 47.8. The van der Waals surface area contributed by atoms with E-state index in [9.17, 15) is 0 Å². The molecule has 0 radical (unpaired) electrons. The molecule has 2 unspecified atom stereocenters. The summed E-state index contributed by atoms with van der Waals surface area (Å²) in [6.07, 6.45) is 2.17. The molecular formula is C61H63HfN7-6. The van der Waals surface area contributed by atoms with Gasteiger partial charge < -0.3 is 36.6 Å². The Hall–Kier alpha value is -6.55. The number of hydrogen-bond donors (Lipinski definition) is 1. The molecule has 3 N–H and O–H groups in total. The molecule has 10 aromatic rings. The summed E-state index contributed by atoms with van der Waals surface area (Å²) in [7, 11) is 0. The van der Waals surface area contributed by atoms with E-state index in [1.807, 2.05) is 122 Å². The second-order valence-electron chi connectivity index (χ2n) is 17.0. The molecule has 8 heteroatoms. The Morgan fingerprint density at radius 2 is 0.783 bits per heavy atom. The standard InChI is InChI=1S/C26H30N4.C21H19N3.2C7H7.Hf/c1-19-11-10-12-20(2)25(19)29-26(28-18-9-3-8-17-27)30-23-15-6-4-13-21(23)22-14-5-7-16-24(22)30;1-14-8-7-9-15(2)20(14)23-21(22)24-18-12-5-3-10-16(18)17-11-4-6-13-19(17)24;2*1-7-5-3-2-4-6-7;/h4-7,10-16,26H,3,8-9,17-18,27H2,1-2H3;3-13,21-22H,1-2H3;2*2-6H,1H2;/q2*-2;2*-1;.